The van der Waals surface area contributed by atoms with E-state index in [0.29, 0.717) is 16.8 Å². The molecule has 3 heterocycles. The van der Waals surface area contributed by atoms with E-state index in [0.717, 1.165) is 56.1 Å². The van der Waals surface area contributed by atoms with Gasteiger partial charge in [-0.3, -0.25) is 0 Å². The number of anilines is 5. The van der Waals surface area contributed by atoms with Gasteiger partial charge in [-0.2, -0.15) is 18.2 Å². The number of carboxylic acid groups (broad SMARTS) is 1. The van der Waals surface area contributed by atoms with Crippen LogP contribution in [-0.2, 0) is 17.6 Å². The van der Waals surface area contributed by atoms with Crippen LogP contribution in [0.4, 0.5) is 42.0 Å². The molecule has 9 nitrogen and oxygen atoms in total. The van der Waals surface area contributed by atoms with Crippen LogP contribution in [0.3, 0.4) is 0 Å². The van der Waals surface area contributed by atoms with Crippen LogP contribution >= 0.6 is 11.6 Å². The number of fused-ring (bicyclic) bond motifs is 6. The zero-order valence-electron chi connectivity index (χ0n) is 21.3. The van der Waals surface area contributed by atoms with E-state index in [1.54, 1.807) is 13.3 Å². The summed E-state index contributed by atoms with van der Waals surface area (Å²) in [6.45, 7) is 4.23. The van der Waals surface area contributed by atoms with E-state index in [1.165, 1.54) is 16.8 Å². The number of likely N-dealkylation sites (N-methyl/N-ethyl adjacent to an activating group) is 1. The molecule has 0 amide bonds. The Labute approximate surface area is 228 Å². The Bertz CT molecular complexity index is 1330. The lowest BCUT2D eigenvalue weighted by atomic mass is 10.0. The number of aromatic nitrogens is 2. The number of aryl methyl sites for hydroxylation is 2. The van der Waals surface area contributed by atoms with Gasteiger partial charge in [0.25, 0.3) is 0 Å². The summed E-state index contributed by atoms with van der Waals surface area (Å²) < 4.78 is 37.3. The zero-order valence-corrected chi connectivity index (χ0v) is 22.1. The molecule has 208 valence electrons. The van der Waals surface area contributed by atoms with E-state index in [1.807, 2.05) is 6.07 Å². The van der Waals surface area contributed by atoms with Gasteiger partial charge in [-0.25, -0.2) is 9.78 Å². The third-order valence-corrected chi connectivity index (χ3v) is 6.64. The van der Waals surface area contributed by atoms with E-state index in [9.17, 15) is 13.2 Å². The van der Waals surface area contributed by atoms with E-state index in [4.69, 9.17) is 26.2 Å². The number of rotatable bonds is 2. The highest BCUT2D eigenvalue weighted by Gasteiger charge is 2.38. The molecule has 1 fully saturated rings. The van der Waals surface area contributed by atoms with E-state index in [2.05, 4.69) is 67.8 Å². The van der Waals surface area contributed by atoms with Crippen LogP contribution in [-0.4, -0.2) is 72.5 Å². The predicted molar refractivity (Wildman–Crippen MR) is 144 cm³/mol. The number of benzene rings is 2. The molecule has 0 radical (unpaired) electrons. The molecule has 0 unspecified atom stereocenters. The predicted octanol–water partition coefficient (Wildman–Crippen LogP) is 5.11. The topological polar surface area (TPSA) is 103 Å². The highest BCUT2D eigenvalue weighted by Crippen LogP contribution is 2.34. The van der Waals surface area contributed by atoms with Gasteiger partial charge >= 0.3 is 12.1 Å². The van der Waals surface area contributed by atoms with Gasteiger partial charge in [0.1, 0.15) is 10.8 Å². The highest BCUT2D eigenvalue weighted by atomic mass is 35.5. The number of nitrogens with one attached hydrogen (secondary N) is 2. The molecule has 2 aliphatic heterocycles. The maximum atomic E-state index is 10.6. The minimum Gasteiger partial charge on any atom is -0.495 e. The smallest absolute Gasteiger partial charge is 0.490 e. The van der Waals surface area contributed by atoms with E-state index >= 15 is 0 Å². The van der Waals surface area contributed by atoms with Crippen molar-refractivity contribution in [3.05, 3.63) is 58.7 Å². The first-order valence-electron chi connectivity index (χ1n) is 12.1. The van der Waals surface area contributed by atoms with Crippen LogP contribution < -0.4 is 20.3 Å². The average Bonchev–Trinajstić information content (AvgIpc) is 2.90. The molecule has 5 rings (SSSR count). The Hall–Kier alpha value is -3.77. The molecule has 1 aromatic heterocycles. The molecule has 1 saturated heterocycles. The lowest BCUT2D eigenvalue weighted by Crippen LogP contribution is -2.44. The number of alkyl halides is 3. The second-order valence-electron chi connectivity index (χ2n) is 9.11. The summed E-state index contributed by atoms with van der Waals surface area (Å²) in [5.74, 6) is -0.989. The number of nitrogens with zero attached hydrogens (tertiary/aromatic N) is 4. The second-order valence-corrected chi connectivity index (χ2v) is 9.52. The van der Waals surface area contributed by atoms with Gasteiger partial charge < -0.3 is 30.3 Å². The molecule has 3 N–H and O–H groups in total. The van der Waals surface area contributed by atoms with Crippen molar-refractivity contribution in [3.63, 3.8) is 0 Å². The number of aliphatic carboxylic acids is 1. The fourth-order valence-electron chi connectivity index (χ4n) is 4.28. The number of hydrogen-bond donors (Lipinski definition) is 3. The van der Waals surface area contributed by atoms with Crippen LogP contribution in [0.1, 0.15) is 11.1 Å². The number of piperazine rings is 1. The lowest BCUT2D eigenvalue weighted by molar-refractivity contribution is -0.192. The number of carboxylic acids is 1. The van der Waals surface area contributed by atoms with Crippen LogP contribution in [0.2, 0.25) is 5.02 Å². The molecule has 13 heteroatoms. The Morgan fingerprint density at radius 1 is 1.08 bits per heavy atom. The van der Waals surface area contributed by atoms with Crippen LogP contribution in [0.15, 0.2) is 42.6 Å². The summed E-state index contributed by atoms with van der Waals surface area (Å²) in [5.41, 5.74) is 5.65. The Kier molecular flexibility index (Phi) is 8.66. The molecular formula is C26H28ClF3N6O3. The third-order valence-electron chi connectivity index (χ3n) is 6.37. The Morgan fingerprint density at radius 3 is 2.46 bits per heavy atom. The minimum atomic E-state index is -5.08. The van der Waals surface area contributed by atoms with Crippen LogP contribution in [0, 0.1) is 0 Å². The van der Waals surface area contributed by atoms with Gasteiger partial charge in [-0.1, -0.05) is 17.7 Å². The van der Waals surface area contributed by atoms with E-state index < -0.39 is 12.1 Å². The first kappa shape index (κ1) is 28.2. The number of halogens is 4. The number of methoxy groups -OCH3 is 1. The number of hydrogen-bond acceptors (Lipinski definition) is 8. The summed E-state index contributed by atoms with van der Waals surface area (Å²) in [4.78, 5) is 22.7. The minimum absolute atomic E-state index is 0.448. The molecule has 0 saturated carbocycles. The Balaban J connectivity index is 0.000000448. The maximum absolute atomic E-state index is 10.6. The summed E-state index contributed by atoms with van der Waals surface area (Å²) in [7, 11) is 3.85. The average molecular weight is 565 g/mol. The summed E-state index contributed by atoms with van der Waals surface area (Å²) in [6.07, 6.45) is -1.63. The lowest BCUT2D eigenvalue weighted by Gasteiger charge is -2.35. The molecule has 0 spiro atoms. The fourth-order valence-corrected chi connectivity index (χ4v) is 4.42. The van der Waals surface area contributed by atoms with E-state index in [-0.39, 0.29) is 0 Å². The van der Waals surface area contributed by atoms with Crippen molar-refractivity contribution in [3.8, 4) is 5.75 Å². The molecule has 2 aromatic carbocycles. The molecule has 0 atom stereocenters. The van der Waals surface area contributed by atoms with Crippen molar-refractivity contribution in [1.29, 1.82) is 0 Å². The van der Waals surface area contributed by atoms with Crippen molar-refractivity contribution in [2.24, 2.45) is 0 Å². The standard InChI is InChI=1S/C24H27ClN6O.C2HF3O2/c1-30-9-11-31(12-10-30)21-7-6-18-14-17(21)5-3-16-4-8-22(32-2)20(13-16)28-23-19(25)15-26-24(27-18)29-23;3-2(4,5)1(6)7/h4,6-8,13-15H,3,5,9-12H2,1-2H3,(H2,26,27,28,29);(H,6,7). The normalized spacial score (nSPS) is 15.3. The third kappa shape index (κ3) is 7.21. The Morgan fingerprint density at radius 2 is 1.79 bits per heavy atom. The first-order chi connectivity index (χ1) is 18.5. The van der Waals surface area contributed by atoms with Gasteiger partial charge in [0.05, 0.1) is 19.0 Å². The quantitative estimate of drug-likeness (QED) is 0.392. The van der Waals surface area contributed by atoms with Crippen molar-refractivity contribution < 1.29 is 27.8 Å². The van der Waals surface area contributed by atoms with Gasteiger partial charge in [0.2, 0.25) is 5.95 Å². The van der Waals surface area contributed by atoms with Crippen molar-refractivity contribution >= 4 is 46.4 Å². The van der Waals surface area contributed by atoms with Gasteiger partial charge in [-0.15, -0.1) is 0 Å². The van der Waals surface area contributed by atoms with Crippen molar-refractivity contribution in [2.75, 3.05) is 55.9 Å². The molecule has 3 aromatic rings. The first-order valence-corrected chi connectivity index (χ1v) is 12.5. The highest BCUT2D eigenvalue weighted by molar-refractivity contribution is 6.33. The van der Waals surface area contributed by atoms with Crippen molar-refractivity contribution in [1.82, 2.24) is 14.9 Å². The largest absolute Gasteiger partial charge is 0.495 e. The SMILES string of the molecule is COc1ccc2cc1Nc1nc(ncc1Cl)Nc1ccc(N3CCN(C)CC3)c(c1)CC2.O=C(O)C(F)(F)F. The van der Waals surface area contributed by atoms with Crippen LogP contribution in [0.5, 0.6) is 5.75 Å². The maximum Gasteiger partial charge on any atom is 0.490 e. The van der Waals surface area contributed by atoms with Gasteiger partial charge in [0.15, 0.2) is 5.82 Å². The second kappa shape index (κ2) is 12.0. The summed E-state index contributed by atoms with van der Waals surface area (Å²) in [5, 5.41) is 14.2. The van der Waals surface area contributed by atoms with Crippen molar-refractivity contribution in [2.45, 2.75) is 19.0 Å². The molecule has 39 heavy (non-hydrogen) atoms. The summed E-state index contributed by atoms with van der Waals surface area (Å²) in [6, 6.07) is 12.8. The number of carbonyl (C=O) groups is 1. The fraction of sp³-hybridized carbons (Fsp3) is 0.346. The molecular weight excluding hydrogens is 537 g/mol. The van der Waals surface area contributed by atoms with Gasteiger partial charge in [0, 0.05) is 37.6 Å². The summed E-state index contributed by atoms with van der Waals surface area (Å²) >= 11 is 6.38. The van der Waals surface area contributed by atoms with Crippen LogP contribution in [0.25, 0.3) is 0 Å². The molecule has 2 aliphatic rings. The zero-order chi connectivity index (χ0) is 28.2. The number of ether oxygens (including phenoxy) is 1. The molecule has 0 aliphatic carbocycles. The monoisotopic (exact) mass is 564 g/mol. The van der Waals surface area contributed by atoms with Gasteiger partial charge in [-0.05, 0) is 61.3 Å². The molecule has 6 bridgehead atoms.